The number of carbonyl (C=O) groups excluding carboxylic acids is 1. The first kappa shape index (κ1) is 10.2. The van der Waals surface area contributed by atoms with Gasteiger partial charge in [-0.25, -0.2) is 4.79 Å². The molecule has 1 aromatic heterocycles. The van der Waals surface area contributed by atoms with Crippen LogP contribution in [-0.4, -0.2) is 13.1 Å². The summed E-state index contributed by atoms with van der Waals surface area (Å²) in [5.41, 5.74) is 4.98. The number of hydrogen-bond acceptors (Lipinski definition) is 4. The number of esters is 1. The summed E-state index contributed by atoms with van der Waals surface area (Å²) in [6.07, 6.45) is 0.542. The zero-order valence-electron chi connectivity index (χ0n) is 7.74. The summed E-state index contributed by atoms with van der Waals surface area (Å²) in [5, 5.41) is 1.90. The van der Waals surface area contributed by atoms with E-state index in [9.17, 15) is 4.79 Å². The van der Waals surface area contributed by atoms with Crippen molar-refractivity contribution in [2.24, 2.45) is 5.73 Å². The smallest absolute Gasteiger partial charge is 0.331 e. The van der Waals surface area contributed by atoms with Gasteiger partial charge >= 0.3 is 5.97 Å². The maximum absolute atomic E-state index is 11.4. The molecule has 0 amide bonds. The number of carbonyl (C=O) groups is 1. The van der Waals surface area contributed by atoms with Gasteiger partial charge in [-0.15, -0.1) is 11.3 Å². The molecule has 0 aliphatic carbocycles. The van der Waals surface area contributed by atoms with Crippen molar-refractivity contribution in [3.63, 3.8) is 0 Å². The van der Waals surface area contributed by atoms with Gasteiger partial charge in [-0.05, 0) is 17.9 Å². The third-order valence-corrected chi connectivity index (χ3v) is 3.12. The molecule has 13 heavy (non-hydrogen) atoms. The number of hydrogen-bond donors (Lipinski definition) is 1. The van der Waals surface area contributed by atoms with Crippen LogP contribution in [0.5, 0.6) is 0 Å². The lowest BCUT2D eigenvalue weighted by molar-refractivity contribution is -0.147. The average Bonchev–Trinajstić information content (AvgIpc) is 2.68. The minimum absolute atomic E-state index is 0.377. The monoisotopic (exact) mass is 199 g/mol. The van der Waals surface area contributed by atoms with Gasteiger partial charge in [-0.2, -0.15) is 0 Å². The van der Waals surface area contributed by atoms with Gasteiger partial charge in [-0.3, -0.25) is 0 Å². The fourth-order valence-corrected chi connectivity index (χ4v) is 2.03. The zero-order valence-corrected chi connectivity index (χ0v) is 8.56. The summed E-state index contributed by atoms with van der Waals surface area (Å²) in [5.74, 6) is -0.377. The average molecular weight is 199 g/mol. The van der Waals surface area contributed by atoms with Crippen molar-refractivity contribution in [3.05, 3.63) is 22.4 Å². The van der Waals surface area contributed by atoms with Crippen molar-refractivity contribution < 1.29 is 9.53 Å². The van der Waals surface area contributed by atoms with Crippen LogP contribution >= 0.6 is 11.3 Å². The predicted molar refractivity (Wildman–Crippen MR) is 52.5 cm³/mol. The molecule has 0 saturated carbocycles. The maximum Gasteiger partial charge on any atom is 0.331 e. The molecule has 72 valence electrons. The Morgan fingerprint density at radius 3 is 2.85 bits per heavy atom. The predicted octanol–water partition coefficient (Wildman–Crippen LogP) is 1.49. The third-order valence-electron chi connectivity index (χ3n) is 2.07. The summed E-state index contributed by atoms with van der Waals surface area (Å²) >= 11 is 1.47. The minimum atomic E-state index is -0.969. The van der Waals surface area contributed by atoms with Crippen LogP contribution in [0.3, 0.4) is 0 Å². The standard InChI is InChI=1S/C9H13NO2S/c1-3-9(10,8(11)12-2)7-5-4-6-13-7/h4-6H,3,10H2,1-2H3. The second-order valence-corrected chi connectivity index (χ2v) is 3.74. The highest BCUT2D eigenvalue weighted by atomic mass is 32.1. The van der Waals surface area contributed by atoms with E-state index >= 15 is 0 Å². The number of ether oxygens (including phenoxy) is 1. The van der Waals surface area contributed by atoms with E-state index in [-0.39, 0.29) is 5.97 Å². The Balaban J connectivity index is 3.01. The molecule has 0 fully saturated rings. The molecule has 1 aromatic rings. The van der Waals surface area contributed by atoms with Crippen LogP contribution in [0.1, 0.15) is 18.2 Å². The Morgan fingerprint density at radius 2 is 2.46 bits per heavy atom. The quantitative estimate of drug-likeness (QED) is 0.750. The van der Waals surface area contributed by atoms with Gasteiger partial charge in [0.1, 0.15) is 5.54 Å². The molecule has 3 nitrogen and oxygen atoms in total. The molecule has 0 radical (unpaired) electrons. The van der Waals surface area contributed by atoms with Crippen molar-refractivity contribution in [1.29, 1.82) is 0 Å². The van der Waals surface area contributed by atoms with E-state index in [0.717, 1.165) is 4.88 Å². The van der Waals surface area contributed by atoms with Gasteiger partial charge in [0.15, 0.2) is 0 Å². The highest BCUT2D eigenvalue weighted by Gasteiger charge is 2.36. The van der Waals surface area contributed by atoms with Crippen LogP contribution in [0, 0.1) is 0 Å². The summed E-state index contributed by atoms with van der Waals surface area (Å²) in [7, 11) is 1.35. The van der Waals surface area contributed by atoms with Crippen molar-refractivity contribution in [2.75, 3.05) is 7.11 Å². The lowest BCUT2D eigenvalue weighted by Gasteiger charge is -2.23. The summed E-state index contributed by atoms with van der Waals surface area (Å²) in [6.45, 7) is 1.87. The fourth-order valence-electron chi connectivity index (χ4n) is 1.13. The summed E-state index contributed by atoms with van der Waals surface area (Å²) in [4.78, 5) is 12.3. The van der Waals surface area contributed by atoms with Gasteiger partial charge in [0, 0.05) is 4.88 Å². The van der Waals surface area contributed by atoms with E-state index in [1.807, 2.05) is 24.4 Å². The van der Waals surface area contributed by atoms with Crippen LogP contribution in [0.15, 0.2) is 17.5 Å². The maximum atomic E-state index is 11.4. The third kappa shape index (κ3) is 1.73. The normalized spacial score (nSPS) is 15.0. The highest BCUT2D eigenvalue weighted by Crippen LogP contribution is 2.27. The van der Waals surface area contributed by atoms with Gasteiger partial charge in [-0.1, -0.05) is 13.0 Å². The Morgan fingerprint density at radius 1 is 1.77 bits per heavy atom. The first-order chi connectivity index (χ1) is 6.15. The van der Waals surface area contributed by atoms with Gasteiger partial charge in [0.2, 0.25) is 0 Å². The molecule has 0 bridgehead atoms. The van der Waals surface area contributed by atoms with Gasteiger partial charge < -0.3 is 10.5 Å². The number of rotatable bonds is 3. The molecular formula is C9H13NO2S. The van der Waals surface area contributed by atoms with E-state index in [0.29, 0.717) is 6.42 Å². The fraction of sp³-hybridized carbons (Fsp3) is 0.444. The van der Waals surface area contributed by atoms with Gasteiger partial charge in [0.25, 0.3) is 0 Å². The van der Waals surface area contributed by atoms with Crippen LogP contribution in [-0.2, 0) is 15.1 Å². The Bertz CT molecular complexity index is 284. The number of nitrogens with two attached hydrogens (primary N) is 1. The van der Waals surface area contributed by atoms with Crippen molar-refractivity contribution >= 4 is 17.3 Å². The van der Waals surface area contributed by atoms with Crippen LogP contribution < -0.4 is 5.73 Å². The molecule has 0 aliphatic heterocycles. The Labute approximate surface area is 81.5 Å². The van der Waals surface area contributed by atoms with Gasteiger partial charge in [0.05, 0.1) is 7.11 Å². The van der Waals surface area contributed by atoms with E-state index in [4.69, 9.17) is 5.73 Å². The van der Waals surface area contributed by atoms with Crippen molar-refractivity contribution in [1.82, 2.24) is 0 Å². The van der Waals surface area contributed by atoms with E-state index in [2.05, 4.69) is 4.74 Å². The molecule has 0 saturated heterocycles. The lowest BCUT2D eigenvalue weighted by atomic mass is 9.96. The van der Waals surface area contributed by atoms with E-state index in [1.54, 1.807) is 0 Å². The van der Waals surface area contributed by atoms with Crippen LogP contribution in [0.25, 0.3) is 0 Å². The first-order valence-electron chi connectivity index (χ1n) is 4.06. The Kier molecular flexibility index (Phi) is 3.06. The van der Waals surface area contributed by atoms with Crippen LogP contribution in [0.2, 0.25) is 0 Å². The summed E-state index contributed by atoms with van der Waals surface area (Å²) < 4.78 is 4.67. The molecule has 0 aliphatic rings. The van der Waals surface area contributed by atoms with Crippen molar-refractivity contribution in [3.8, 4) is 0 Å². The molecule has 1 unspecified atom stereocenters. The van der Waals surface area contributed by atoms with Crippen LogP contribution in [0.4, 0.5) is 0 Å². The van der Waals surface area contributed by atoms with E-state index in [1.165, 1.54) is 18.4 Å². The largest absolute Gasteiger partial charge is 0.467 e. The molecule has 0 spiro atoms. The molecule has 0 aromatic carbocycles. The molecular weight excluding hydrogens is 186 g/mol. The minimum Gasteiger partial charge on any atom is -0.467 e. The number of thiophene rings is 1. The second kappa shape index (κ2) is 3.89. The number of methoxy groups -OCH3 is 1. The van der Waals surface area contributed by atoms with Crippen molar-refractivity contribution in [2.45, 2.75) is 18.9 Å². The molecule has 1 heterocycles. The molecule has 2 N–H and O–H groups in total. The Hall–Kier alpha value is -0.870. The zero-order chi connectivity index (χ0) is 9.90. The first-order valence-corrected chi connectivity index (χ1v) is 4.94. The topological polar surface area (TPSA) is 52.3 Å². The lowest BCUT2D eigenvalue weighted by Crippen LogP contribution is -2.44. The highest BCUT2D eigenvalue weighted by molar-refractivity contribution is 7.10. The summed E-state index contributed by atoms with van der Waals surface area (Å²) in [6, 6.07) is 3.73. The molecule has 1 atom stereocenters. The SMILES string of the molecule is CCC(N)(C(=O)OC)c1cccs1. The molecule has 1 rings (SSSR count). The van der Waals surface area contributed by atoms with E-state index < -0.39 is 5.54 Å². The second-order valence-electron chi connectivity index (χ2n) is 2.79. The molecule has 4 heteroatoms.